The number of hydrogen-bond donors (Lipinski definition) is 2. The summed E-state index contributed by atoms with van der Waals surface area (Å²) in [6.45, 7) is 0. The Hall–Kier alpha value is -2.77. The maximum absolute atomic E-state index is 9.27. The third-order valence-electron chi connectivity index (χ3n) is 3.39. The molecular formula is C16H10ClN5OS. The van der Waals surface area contributed by atoms with Crippen LogP contribution in [0.1, 0.15) is 5.56 Å². The zero-order valence-electron chi connectivity index (χ0n) is 12.1. The molecule has 2 N–H and O–H groups in total. The summed E-state index contributed by atoms with van der Waals surface area (Å²) < 4.78 is 0. The van der Waals surface area contributed by atoms with Crippen molar-refractivity contribution >= 4 is 45.2 Å². The van der Waals surface area contributed by atoms with Crippen LogP contribution in [0.5, 0.6) is 5.75 Å². The fraction of sp³-hybridized carbons (Fsp3) is 0. The highest BCUT2D eigenvalue weighted by Gasteiger charge is 2.09. The van der Waals surface area contributed by atoms with E-state index < -0.39 is 0 Å². The molecule has 0 spiro atoms. The van der Waals surface area contributed by atoms with Crippen LogP contribution in [0.4, 0.5) is 5.13 Å². The van der Waals surface area contributed by atoms with Crippen LogP contribution >= 0.6 is 22.9 Å². The van der Waals surface area contributed by atoms with E-state index >= 15 is 0 Å². The Labute approximate surface area is 145 Å². The third-order valence-corrected chi connectivity index (χ3v) is 4.56. The molecule has 2 heterocycles. The van der Waals surface area contributed by atoms with Crippen molar-refractivity contribution in [3.63, 3.8) is 0 Å². The lowest BCUT2D eigenvalue weighted by molar-refractivity contribution is 0.475. The molecule has 6 nitrogen and oxygen atoms in total. The number of phenolic OH excluding ortho intramolecular Hbond substituents is 1. The van der Waals surface area contributed by atoms with E-state index in [1.54, 1.807) is 30.5 Å². The molecule has 0 bridgehead atoms. The zero-order chi connectivity index (χ0) is 16.5. The molecular weight excluding hydrogens is 346 g/mol. The summed E-state index contributed by atoms with van der Waals surface area (Å²) in [6, 6.07) is 12.5. The second-order valence-corrected chi connectivity index (χ2v) is 6.34. The molecule has 0 unspecified atom stereocenters. The molecule has 0 aliphatic heterocycles. The number of benzene rings is 2. The first-order valence-electron chi connectivity index (χ1n) is 7.00. The van der Waals surface area contributed by atoms with Crippen molar-refractivity contribution in [1.82, 2.24) is 20.4 Å². The molecule has 0 saturated heterocycles. The van der Waals surface area contributed by atoms with E-state index in [9.17, 15) is 5.11 Å². The maximum Gasteiger partial charge on any atom is 0.231 e. The van der Waals surface area contributed by atoms with Crippen LogP contribution in [-0.4, -0.2) is 31.7 Å². The van der Waals surface area contributed by atoms with Crippen molar-refractivity contribution < 1.29 is 5.11 Å². The summed E-state index contributed by atoms with van der Waals surface area (Å²) in [6.07, 6.45) is 1.68. The van der Waals surface area contributed by atoms with Gasteiger partial charge < -0.3 is 5.11 Å². The van der Waals surface area contributed by atoms with Gasteiger partial charge in [0.25, 0.3) is 0 Å². The topological polar surface area (TPSA) is 87.0 Å². The number of halogens is 1. The first-order valence-corrected chi connectivity index (χ1v) is 8.19. The number of aromatic amines is 1. The molecule has 8 heteroatoms. The molecule has 0 aliphatic carbocycles. The Balaban J connectivity index is 1.60. The maximum atomic E-state index is 9.27. The minimum Gasteiger partial charge on any atom is -0.508 e. The van der Waals surface area contributed by atoms with Crippen LogP contribution in [0.25, 0.3) is 21.5 Å². The van der Waals surface area contributed by atoms with Crippen LogP contribution in [0.2, 0.25) is 5.15 Å². The number of rotatable bonds is 3. The van der Waals surface area contributed by atoms with Gasteiger partial charge in [-0.2, -0.15) is 5.10 Å². The normalized spacial score (nSPS) is 11.5. The molecule has 118 valence electrons. The van der Waals surface area contributed by atoms with E-state index in [4.69, 9.17) is 11.6 Å². The summed E-state index contributed by atoms with van der Waals surface area (Å²) in [4.78, 5) is 4.31. The van der Waals surface area contributed by atoms with Crippen molar-refractivity contribution in [2.24, 2.45) is 4.99 Å². The summed E-state index contributed by atoms with van der Waals surface area (Å²) in [5.74, 6) is 0.221. The third kappa shape index (κ3) is 2.86. The number of phenols is 1. The second kappa shape index (κ2) is 6.03. The van der Waals surface area contributed by atoms with Gasteiger partial charge in [-0.3, -0.25) is 5.10 Å². The number of aromatic nitrogens is 4. The van der Waals surface area contributed by atoms with Crippen LogP contribution < -0.4 is 0 Å². The van der Waals surface area contributed by atoms with Crippen molar-refractivity contribution in [1.29, 1.82) is 0 Å². The van der Waals surface area contributed by atoms with Gasteiger partial charge in [-0.05, 0) is 42.0 Å². The predicted molar refractivity (Wildman–Crippen MR) is 95.4 cm³/mol. The lowest BCUT2D eigenvalue weighted by Crippen LogP contribution is -1.78. The van der Waals surface area contributed by atoms with Crippen LogP contribution in [0.15, 0.2) is 47.5 Å². The number of hydrogen-bond acceptors (Lipinski definition) is 6. The molecule has 0 atom stereocenters. The van der Waals surface area contributed by atoms with E-state index in [2.05, 4.69) is 25.4 Å². The first-order chi connectivity index (χ1) is 11.7. The number of nitrogens with one attached hydrogen (secondary N) is 1. The first kappa shape index (κ1) is 14.8. The Morgan fingerprint density at radius 3 is 2.79 bits per heavy atom. The van der Waals surface area contributed by atoms with Crippen molar-refractivity contribution in [3.8, 4) is 16.3 Å². The van der Waals surface area contributed by atoms with E-state index in [0.29, 0.717) is 10.3 Å². The Morgan fingerprint density at radius 2 is 1.96 bits per heavy atom. The van der Waals surface area contributed by atoms with Gasteiger partial charge in [-0.1, -0.05) is 29.0 Å². The average molecular weight is 356 g/mol. The fourth-order valence-corrected chi connectivity index (χ4v) is 3.08. The second-order valence-electron chi connectivity index (χ2n) is 5.01. The fourth-order valence-electron chi connectivity index (χ4n) is 2.19. The van der Waals surface area contributed by atoms with Crippen molar-refractivity contribution in [2.45, 2.75) is 0 Å². The Morgan fingerprint density at radius 1 is 1.12 bits per heavy atom. The Kier molecular flexibility index (Phi) is 3.72. The lowest BCUT2D eigenvalue weighted by Gasteiger charge is -1.94. The van der Waals surface area contributed by atoms with Crippen LogP contribution in [-0.2, 0) is 0 Å². The van der Waals surface area contributed by atoms with Gasteiger partial charge in [0, 0.05) is 17.2 Å². The number of aliphatic imine (C=N–C) groups is 1. The van der Waals surface area contributed by atoms with Crippen LogP contribution in [0, 0.1) is 0 Å². The summed E-state index contributed by atoms with van der Waals surface area (Å²) >= 11 is 7.39. The van der Waals surface area contributed by atoms with Crippen LogP contribution in [0.3, 0.4) is 0 Å². The molecule has 4 rings (SSSR count). The minimum atomic E-state index is 0.221. The lowest BCUT2D eigenvalue weighted by atomic mass is 10.2. The number of H-pyrrole nitrogens is 1. The highest BCUT2D eigenvalue weighted by atomic mass is 35.5. The largest absolute Gasteiger partial charge is 0.508 e. The van der Waals surface area contributed by atoms with E-state index in [1.165, 1.54) is 11.3 Å². The summed E-state index contributed by atoms with van der Waals surface area (Å²) in [5.41, 5.74) is 2.56. The smallest absolute Gasteiger partial charge is 0.231 e. The molecule has 0 aliphatic rings. The average Bonchev–Trinajstić information content (AvgIpc) is 3.21. The monoisotopic (exact) mass is 355 g/mol. The van der Waals surface area contributed by atoms with Gasteiger partial charge >= 0.3 is 0 Å². The quantitative estimate of drug-likeness (QED) is 0.539. The van der Waals surface area contributed by atoms with Gasteiger partial charge in [0.05, 0.1) is 5.52 Å². The molecule has 2 aromatic heterocycles. The molecule has 2 aromatic carbocycles. The molecule has 4 aromatic rings. The molecule has 0 fully saturated rings. The zero-order valence-corrected chi connectivity index (χ0v) is 13.7. The highest BCUT2D eigenvalue weighted by Crippen LogP contribution is 2.31. The summed E-state index contributed by atoms with van der Waals surface area (Å²) in [5, 5.41) is 27.1. The molecule has 0 radical (unpaired) electrons. The number of nitrogens with zero attached hydrogens (tertiary/aromatic N) is 4. The Bertz CT molecular complexity index is 1040. The van der Waals surface area contributed by atoms with Gasteiger partial charge in [0.15, 0.2) is 0 Å². The number of fused-ring (bicyclic) bond motifs is 1. The molecule has 0 saturated carbocycles. The van der Waals surface area contributed by atoms with Gasteiger partial charge in [-0.15, -0.1) is 10.2 Å². The van der Waals surface area contributed by atoms with Crippen molar-refractivity contribution in [2.75, 3.05) is 0 Å². The minimum absolute atomic E-state index is 0.221. The van der Waals surface area contributed by atoms with Gasteiger partial charge in [0.2, 0.25) is 5.13 Å². The SMILES string of the molecule is Oc1ccc(/C=N/c2nnc(-c3ccc4c(Cl)[nH]nc4c3)s2)cc1. The van der Waals surface area contributed by atoms with E-state index in [-0.39, 0.29) is 5.75 Å². The predicted octanol–water partition coefficient (Wildman–Crippen LogP) is 4.19. The molecule has 0 amide bonds. The van der Waals surface area contributed by atoms with Gasteiger partial charge in [0.1, 0.15) is 15.9 Å². The molecule has 24 heavy (non-hydrogen) atoms. The summed E-state index contributed by atoms with van der Waals surface area (Å²) in [7, 11) is 0. The van der Waals surface area contributed by atoms with E-state index in [0.717, 1.165) is 27.0 Å². The van der Waals surface area contributed by atoms with Crippen molar-refractivity contribution in [3.05, 3.63) is 53.2 Å². The standard InChI is InChI=1S/C16H10ClN5OS/c17-14-12-6-3-10(7-13(12)19-20-14)15-21-22-16(24-15)18-8-9-1-4-11(23)5-2-9/h1-8,23H,(H,19,20)/b18-8+. The van der Waals surface area contributed by atoms with E-state index in [1.807, 2.05) is 18.2 Å². The van der Waals surface area contributed by atoms with Gasteiger partial charge in [-0.25, -0.2) is 4.99 Å². The number of aromatic hydroxyl groups is 1. The highest BCUT2D eigenvalue weighted by molar-refractivity contribution is 7.18.